The fraction of sp³-hybridized carbons (Fsp3) is 0.200. The van der Waals surface area contributed by atoms with Crippen molar-refractivity contribution in [2.45, 2.75) is 13.8 Å². The van der Waals surface area contributed by atoms with Crippen molar-refractivity contribution in [1.82, 2.24) is 15.2 Å². The van der Waals surface area contributed by atoms with Crippen molar-refractivity contribution < 1.29 is 4.39 Å². The third-order valence-corrected chi connectivity index (χ3v) is 3.26. The molecule has 0 atom stereocenters. The number of hydrogen-bond acceptors (Lipinski definition) is 2. The molecule has 0 unspecified atom stereocenters. The van der Waals surface area contributed by atoms with Crippen LogP contribution in [-0.4, -0.2) is 15.2 Å². The topological polar surface area (TPSA) is 41.6 Å². The first kappa shape index (κ1) is 10.5. The SMILES string of the molecule is Cc1nc(-c2cc(F)c(C)c(I)c2)n[nH]1. The lowest BCUT2D eigenvalue weighted by Crippen LogP contribution is -1.90. The maximum atomic E-state index is 13.5. The van der Waals surface area contributed by atoms with Crippen LogP contribution in [0.5, 0.6) is 0 Å². The predicted molar refractivity (Wildman–Crippen MR) is 64.0 cm³/mol. The summed E-state index contributed by atoms with van der Waals surface area (Å²) in [5.41, 5.74) is 1.36. The summed E-state index contributed by atoms with van der Waals surface area (Å²) in [5, 5.41) is 6.73. The zero-order valence-electron chi connectivity index (χ0n) is 8.31. The van der Waals surface area contributed by atoms with Gasteiger partial charge in [-0.15, -0.1) is 0 Å². The van der Waals surface area contributed by atoms with Gasteiger partial charge in [-0.1, -0.05) is 0 Å². The molecule has 0 aliphatic heterocycles. The van der Waals surface area contributed by atoms with Gasteiger partial charge in [0.1, 0.15) is 11.6 Å². The van der Waals surface area contributed by atoms with Crippen molar-refractivity contribution in [1.29, 1.82) is 0 Å². The van der Waals surface area contributed by atoms with Gasteiger partial charge in [0.15, 0.2) is 5.82 Å². The number of rotatable bonds is 1. The van der Waals surface area contributed by atoms with Crippen LogP contribution in [0, 0.1) is 23.2 Å². The maximum Gasteiger partial charge on any atom is 0.181 e. The van der Waals surface area contributed by atoms with Crippen molar-refractivity contribution in [3.05, 3.63) is 32.9 Å². The standard InChI is InChI=1S/C10H9FIN3/c1-5-8(11)3-7(4-9(5)12)10-13-6(2)14-15-10/h3-4H,1-2H3,(H,13,14,15). The summed E-state index contributed by atoms with van der Waals surface area (Å²) in [6, 6.07) is 3.34. The van der Waals surface area contributed by atoms with Gasteiger partial charge in [-0.25, -0.2) is 9.37 Å². The van der Waals surface area contributed by atoms with Crippen molar-refractivity contribution in [3.8, 4) is 11.4 Å². The second kappa shape index (κ2) is 3.88. The lowest BCUT2D eigenvalue weighted by atomic mass is 10.1. The number of aromatic amines is 1. The molecule has 78 valence electrons. The fourth-order valence-corrected chi connectivity index (χ4v) is 1.84. The summed E-state index contributed by atoms with van der Waals surface area (Å²) in [5.74, 6) is 1.03. The lowest BCUT2D eigenvalue weighted by Gasteiger charge is -2.02. The second-order valence-corrected chi connectivity index (χ2v) is 4.47. The summed E-state index contributed by atoms with van der Waals surface area (Å²) in [6.45, 7) is 3.57. The van der Waals surface area contributed by atoms with E-state index in [1.54, 1.807) is 6.92 Å². The van der Waals surface area contributed by atoms with Gasteiger partial charge in [0.2, 0.25) is 0 Å². The van der Waals surface area contributed by atoms with Gasteiger partial charge in [0.25, 0.3) is 0 Å². The van der Waals surface area contributed by atoms with Crippen molar-refractivity contribution in [3.63, 3.8) is 0 Å². The third-order valence-electron chi connectivity index (χ3n) is 2.14. The smallest absolute Gasteiger partial charge is 0.181 e. The number of aryl methyl sites for hydroxylation is 1. The Balaban J connectivity index is 2.55. The van der Waals surface area contributed by atoms with Gasteiger partial charge in [0.05, 0.1) is 0 Å². The molecule has 0 saturated heterocycles. The van der Waals surface area contributed by atoms with Crippen LogP contribution in [0.3, 0.4) is 0 Å². The molecule has 15 heavy (non-hydrogen) atoms. The highest BCUT2D eigenvalue weighted by Gasteiger charge is 2.09. The molecule has 0 aliphatic carbocycles. The van der Waals surface area contributed by atoms with E-state index in [2.05, 4.69) is 37.8 Å². The maximum absolute atomic E-state index is 13.5. The number of hydrogen-bond donors (Lipinski definition) is 1. The third kappa shape index (κ3) is 2.01. The number of nitrogens with one attached hydrogen (secondary N) is 1. The van der Waals surface area contributed by atoms with Crippen LogP contribution in [0.25, 0.3) is 11.4 Å². The Morgan fingerprint density at radius 3 is 2.60 bits per heavy atom. The van der Waals surface area contributed by atoms with Crippen LogP contribution in [0.4, 0.5) is 4.39 Å². The van der Waals surface area contributed by atoms with Gasteiger partial charge < -0.3 is 0 Å². The highest BCUT2D eigenvalue weighted by Crippen LogP contribution is 2.23. The molecule has 1 aromatic heterocycles. The zero-order valence-corrected chi connectivity index (χ0v) is 10.5. The van der Waals surface area contributed by atoms with Crippen LogP contribution in [0.1, 0.15) is 11.4 Å². The highest BCUT2D eigenvalue weighted by molar-refractivity contribution is 14.1. The molecule has 1 N–H and O–H groups in total. The molecule has 0 saturated carbocycles. The Labute approximate surface area is 100 Å². The minimum atomic E-state index is -0.223. The van der Waals surface area contributed by atoms with E-state index in [0.29, 0.717) is 17.0 Å². The van der Waals surface area contributed by atoms with E-state index >= 15 is 0 Å². The summed E-state index contributed by atoms with van der Waals surface area (Å²) in [4.78, 5) is 4.16. The average molecular weight is 317 g/mol. The van der Waals surface area contributed by atoms with E-state index in [9.17, 15) is 4.39 Å². The van der Waals surface area contributed by atoms with Gasteiger partial charge in [-0.05, 0) is 54.1 Å². The molecular formula is C10H9FIN3. The molecule has 2 aromatic rings. The number of H-pyrrole nitrogens is 1. The van der Waals surface area contributed by atoms with Crippen molar-refractivity contribution in [2.24, 2.45) is 0 Å². The van der Waals surface area contributed by atoms with Crippen molar-refractivity contribution >= 4 is 22.6 Å². The first-order valence-electron chi connectivity index (χ1n) is 4.43. The van der Waals surface area contributed by atoms with E-state index in [1.165, 1.54) is 6.07 Å². The normalized spacial score (nSPS) is 10.7. The number of nitrogens with zero attached hydrogens (tertiary/aromatic N) is 2. The van der Waals surface area contributed by atoms with E-state index in [4.69, 9.17) is 0 Å². The van der Waals surface area contributed by atoms with Crippen LogP contribution in [-0.2, 0) is 0 Å². The molecule has 0 amide bonds. The predicted octanol–water partition coefficient (Wildman–Crippen LogP) is 2.83. The monoisotopic (exact) mass is 317 g/mol. The highest BCUT2D eigenvalue weighted by atomic mass is 127. The first-order chi connectivity index (χ1) is 7.08. The Bertz CT molecular complexity index is 484. The number of aromatic nitrogens is 3. The number of halogens is 2. The van der Waals surface area contributed by atoms with E-state index in [0.717, 1.165) is 9.39 Å². The summed E-state index contributed by atoms with van der Waals surface area (Å²) in [7, 11) is 0. The second-order valence-electron chi connectivity index (χ2n) is 3.31. The summed E-state index contributed by atoms with van der Waals surface area (Å²) >= 11 is 2.10. The van der Waals surface area contributed by atoms with Crippen LogP contribution in [0.15, 0.2) is 12.1 Å². The Hall–Kier alpha value is -0.980. The largest absolute Gasteiger partial charge is 0.263 e. The molecule has 0 aliphatic rings. The fourth-order valence-electron chi connectivity index (χ4n) is 1.25. The molecule has 0 fully saturated rings. The Morgan fingerprint density at radius 1 is 1.33 bits per heavy atom. The average Bonchev–Trinajstić information content (AvgIpc) is 2.60. The molecule has 1 heterocycles. The van der Waals surface area contributed by atoms with Crippen LogP contribution in [0.2, 0.25) is 0 Å². The first-order valence-corrected chi connectivity index (χ1v) is 5.51. The lowest BCUT2D eigenvalue weighted by molar-refractivity contribution is 0.617. The van der Waals surface area contributed by atoms with Gasteiger partial charge >= 0.3 is 0 Å². The number of benzene rings is 1. The molecule has 5 heteroatoms. The zero-order chi connectivity index (χ0) is 11.0. The molecule has 0 bridgehead atoms. The van der Waals surface area contributed by atoms with E-state index in [-0.39, 0.29) is 5.82 Å². The van der Waals surface area contributed by atoms with Gasteiger partial charge in [-0.3, -0.25) is 5.10 Å². The molecule has 2 rings (SSSR count). The van der Waals surface area contributed by atoms with Crippen molar-refractivity contribution in [2.75, 3.05) is 0 Å². The minimum absolute atomic E-state index is 0.223. The van der Waals surface area contributed by atoms with Gasteiger partial charge in [-0.2, -0.15) is 5.10 Å². The summed E-state index contributed by atoms with van der Waals surface area (Å²) < 4.78 is 14.3. The summed E-state index contributed by atoms with van der Waals surface area (Å²) in [6.07, 6.45) is 0. The van der Waals surface area contributed by atoms with Crippen LogP contribution >= 0.6 is 22.6 Å². The molecule has 0 radical (unpaired) electrons. The van der Waals surface area contributed by atoms with E-state index < -0.39 is 0 Å². The van der Waals surface area contributed by atoms with E-state index in [1.807, 2.05) is 13.0 Å². The Kier molecular flexibility index (Phi) is 2.72. The van der Waals surface area contributed by atoms with Gasteiger partial charge in [0, 0.05) is 9.13 Å². The minimum Gasteiger partial charge on any atom is -0.263 e. The quantitative estimate of drug-likeness (QED) is 0.822. The molecule has 3 nitrogen and oxygen atoms in total. The molecular weight excluding hydrogens is 308 g/mol. The molecule has 0 spiro atoms. The van der Waals surface area contributed by atoms with Crippen LogP contribution < -0.4 is 0 Å². The Morgan fingerprint density at radius 2 is 2.07 bits per heavy atom. The molecule has 1 aromatic carbocycles.